The number of nitrogens with zero attached hydrogens (tertiary/aromatic N) is 1. The molecular formula is C26H33ClN4O3. The average Bonchev–Trinajstić information content (AvgIpc) is 2.82. The lowest BCUT2D eigenvalue weighted by molar-refractivity contribution is -0.124. The van der Waals surface area contributed by atoms with Crippen LogP contribution in [0.5, 0.6) is 0 Å². The normalized spacial score (nSPS) is 15.0. The van der Waals surface area contributed by atoms with Crippen LogP contribution in [0.2, 0.25) is 5.02 Å². The molecule has 182 valence electrons. The molecule has 1 saturated heterocycles. The van der Waals surface area contributed by atoms with Crippen LogP contribution in [0.4, 0.5) is 10.5 Å². The minimum atomic E-state index is -0.704. The maximum absolute atomic E-state index is 13.0. The third-order valence-electron chi connectivity index (χ3n) is 5.97. The van der Waals surface area contributed by atoms with Gasteiger partial charge >= 0.3 is 6.03 Å². The van der Waals surface area contributed by atoms with Gasteiger partial charge in [-0.2, -0.15) is 0 Å². The lowest BCUT2D eigenvalue weighted by Gasteiger charge is -2.36. The van der Waals surface area contributed by atoms with Gasteiger partial charge in [-0.25, -0.2) is 4.79 Å². The van der Waals surface area contributed by atoms with Crippen LogP contribution in [0, 0.1) is 18.8 Å². The highest BCUT2D eigenvalue weighted by Crippen LogP contribution is 2.23. The zero-order valence-corrected chi connectivity index (χ0v) is 20.7. The first-order chi connectivity index (χ1) is 16.2. The lowest BCUT2D eigenvalue weighted by Crippen LogP contribution is -2.54. The predicted octanol–water partition coefficient (Wildman–Crippen LogP) is 4.46. The van der Waals surface area contributed by atoms with E-state index in [0.29, 0.717) is 43.1 Å². The van der Waals surface area contributed by atoms with E-state index in [1.165, 1.54) is 0 Å². The summed E-state index contributed by atoms with van der Waals surface area (Å²) in [6.45, 7) is 7.55. The van der Waals surface area contributed by atoms with E-state index in [1.807, 2.05) is 45.0 Å². The van der Waals surface area contributed by atoms with Gasteiger partial charge in [-0.3, -0.25) is 9.59 Å². The van der Waals surface area contributed by atoms with Crippen LogP contribution in [0.25, 0.3) is 0 Å². The third kappa shape index (κ3) is 6.97. The highest BCUT2D eigenvalue weighted by Gasteiger charge is 2.34. The number of benzene rings is 2. The fraction of sp³-hybridized carbons (Fsp3) is 0.423. The Morgan fingerprint density at radius 1 is 1.03 bits per heavy atom. The minimum absolute atomic E-state index is 0.0953. The van der Waals surface area contributed by atoms with Gasteiger partial charge in [0.1, 0.15) is 6.04 Å². The first-order valence-electron chi connectivity index (χ1n) is 11.7. The molecule has 4 amide bonds. The maximum atomic E-state index is 13.0. The van der Waals surface area contributed by atoms with Crippen molar-refractivity contribution in [3.8, 4) is 0 Å². The summed E-state index contributed by atoms with van der Waals surface area (Å²) in [5.41, 5.74) is 2.20. The number of likely N-dealkylation sites (tertiary alicyclic amines) is 1. The van der Waals surface area contributed by atoms with Crippen LogP contribution in [0.1, 0.15) is 42.6 Å². The van der Waals surface area contributed by atoms with Crippen molar-refractivity contribution in [2.24, 2.45) is 11.8 Å². The van der Waals surface area contributed by atoms with Gasteiger partial charge in [0.2, 0.25) is 5.91 Å². The Balaban J connectivity index is 1.64. The summed E-state index contributed by atoms with van der Waals surface area (Å²) in [7, 11) is 0. The van der Waals surface area contributed by atoms with Gasteiger partial charge in [-0.05, 0) is 55.9 Å². The molecule has 1 atom stereocenters. The van der Waals surface area contributed by atoms with Crippen molar-refractivity contribution in [2.45, 2.75) is 39.7 Å². The molecule has 2 aromatic rings. The number of amides is 4. The SMILES string of the molecule is Cc1ccc(NC(=O)N2CCC(C(NC(=O)c3ccccc3Cl)C(=O)NCC(C)C)CC2)cc1. The fourth-order valence-corrected chi connectivity index (χ4v) is 4.17. The Morgan fingerprint density at radius 3 is 2.29 bits per heavy atom. The summed E-state index contributed by atoms with van der Waals surface area (Å²) < 4.78 is 0. The molecule has 1 aliphatic rings. The van der Waals surface area contributed by atoms with Crippen molar-refractivity contribution in [3.63, 3.8) is 0 Å². The quantitative estimate of drug-likeness (QED) is 0.541. The smallest absolute Gasteiger partial charge is 0.321 e. The second-order valence-electron chi connectivity index (χ2n) is 9.19. The molecule has 1 unspecified atom stereocenters. The second kappa shape index (κ2) is 11.9. The number of aryl methyl sites for hydroxylation is 1. The van der Waals surface area contributed by atoms with E-state index >= 15 is 0 Å². The third-order valence-corrected chi connectivity index (χ3v) is 6.30. The number of hydrogen-bond donors (Lipinski definition) is 3. The van der Waals surface area contributed by atoms with Gasteiger partial charge in [-0.1, -0.05) is 55.3 Å². The number of nitrogens with one attached hydrogen (secondary N) is 3. The van der Waals surface area contributed by atoms with Crippen LogP contribution in [0.15, 0.2) is 48.5 Å². The molecule has 0 saturated carbocycles. The summed E-state index contributed by atoms with van der Waals surface area (Å²) in [6.07, 6.45) is 1.20. The molecule has 0 aliphatic carbocycles. The molecule has 0 radical (unpaired) electrons. The van der Waals surface area contributed by atoms with Gasteiger partial charge in [0.05, 0.1) is 10.6 Å². The van der Waals surface area contributed by atoms with E-state index in [4.69, 9.17) is 11.6 Å². The van der Waals surface area contributed by atoms with Crippen molar-refractivity contribution in [2.75, 3.05) is 25.0 Å². The number of urea groups is 1. The number of carbonyl (C=O) groups excluding carboxylic acids is 3. The fourth-order valence-electron chi connectivity index (χ4n) is 3.95. The number of piperidine rings is 1. The summed E-state index contributed by atoms with van der Waals surface area (Å²) in [6, 6.07) is 13.6. The molecule has 2 aromatic carbocycles. The summed E-state index contributed by atoms with van der Waals surface area (Å²) in [4.78, 5) is 40.4. The predicted molar refractivity (Wildman–Crippen MR) is 135 cm³/mol. The van der Waals surface area contributed by atoms with Crippen LogP contribution >= 0.6 is 11.6 Å². The number of halogens is 1. The Morgan fingerprint density at radius 2 is 1.68 bits per heavy atom. The molecule has 7 nitrogen and oxygen atoms in total. The van der Waals surface area contributed by atoms with Gasteiger partial charge in [-0.15, -0.1) is 0 Å². The Hall–Kier alpha value is -3.06. The van der Waals surface area contributed by atoms with Crippen LogP contribution in [-0.4, -0.2) is 48.4 Å². The zero-order chi connectivity index (χ0) is 24.7. The topological polar surface area (TPSA) is 90.5 Å². The molecule has 3 rings (SSSR count). The van der Waals surface area contributed by atoms with E-state index in [9.17, 15) is 14.4 Å². The van der Waals surface area contributed by atoms with E-state index < -0.39 is 6.04 Å². The van der Waals surface area contributed by atoms with Crippen LogP contribution in [0.3, 0.4) is 0 Å². The number of anilines is 1. The van der Waals surface area contributed by atoms with E-state index in [2.05, 4.69) is 16.0 Å². The maximum Gasteiger partial charge on any atom is 0.321 e. The first kappa shape index (κ1) is 25.6. The summed E-state index contributed by atoms with van der Waals surface area (Å²) in [5, 5.41) is 9.10. The van der Waals surface area contributed by atoms with Crippen molar-refractivity contribution >= 4 is 35.1 Å². The van der Waals surface area contributed by atoms with Gasteiger partial charge in [0.15, 0.2) is 0 Å². The van der Waals surface area contributed by atoms with Crippen LogP contribution < -0.4 is 16.0 Å². The molecule has 1 heterocycles. The first-order valence-corrected chi connectivity index (χ1v) is 12.1. The molecule has 34 heavy (non-hydrogen) atoms. The largest absolute Gasteiger partial charge is 0.354 e. The average molecular weight is 485 g/mol. The van der Waals surface area contributed by atoms with Crippen molar-refractivity contribution in [3.05, 3.63) is 64.7 Å². The molecule has 0 bridgehead atoms. The highest BCUT2D eigenvalue weighted by molar-refractivity contribution is 6.33. The number of rotatable bonds is 7. The highest BCUT2D eigenvalue weighted by atomic mass is 35.5. The molecular weight excluding hydrogens is 452 g/mol. The Bertz CT molecular complexity index is 1000. The second-order valence-corrected chi connectivity index (χ2v) is 9.60. The van der Waals surface area contributed by atoms with Gasteiger partial charge in [0.25, 0.3) is 5.91 Å². The molecule has 3 N–H and O–H groups in total. The number of hydrogen-bond acceptors (Lipinski definition) is 3. The van der Waals surface area contributed by atoms with Crippen molar-refractivity contribution in [1.82, 2.24) is 15.5 Å². The molecule has 1 fully saturated rings. The Labute approximate surface area is 206 Å². The molecule has 0 spiro atoms. The molecule has 1 aliphatic heterocycles. The lowest BCUT2D eigenvalue weighted by atomic mass is 9.88. The summed E-state index contributed by atoms with van der Waals surface area (Å²) >= 11 is 6.19. The molecule has 8 heteroatoms. The van der Waals surface area contributed by atoms with Crippen molar-refractivity contribution in [1.29, 1.82) is 0 Å². The van der Waals surface area contributed by atoms with E-state index in [-0.39, 0.29) is 29.7 Å². The summed E-state index contributed by atoms with van der Waals surface area (Å²) in [5.74, 6) is -0.398. The number of carbonyl (C=O) groups is 3. The standard InChI is InChI=1S/C26H33ClN4O3/c1-17(2)16-28-25(33)23(30-24(32)21-6-4-5-7-22(21)27)19-12-14-31(15-13-19)26(34)29-20-10-8-18(3)9-11-20/h4-11,17,19,23H,12-16H2,1-3H3,(H,28,33)(H,29,34)(H,30,32). The zero-order valence-electron chi connectivity index (χ0n) is 19.9. The molecule has 0 aromatic heterocycles. The van der Waals surface area contributed by atoms with Gasteiger partial charge < -0.3 is 20.9 Å². The van der Waals surface area contributed by atoms with E-state index in [1.54, 1.807) is 29.2 Å². The van der Waals surface area contributed by atoms with Crippen LogP contribution in [-0.2, 0) is 4.79 Å². The van der Waals surface area contributed by atoms with Crippen molar-refractivity contribution < 1.29 is 14.4 Å². The monoisotopic (exact) mass is 484 g/mol. The van der Waals surface area contributed by atoms with Gasteiger partial charge in [0, 0.05) is 25.3 Å². The minimum Gasteiger partial charge on any atom is -0.354 e. The Kier molecular flexibility index (Phi) is 8.93. The van der Waals surface area contributed by atoms with E-state index in [0.717, 1.165) is 11.3 Å².